The van der Waals surface area contributed by atoms with Gasteiger partial charge in [-0.3, -0.25) is 0 Å². The van der Waals surface area contributed by atoms with Crippen LogP contribution < -0.4 is 0 Å². The molecule has 0 bridgehead atoms. The Kier molecular flexibility index (Phi) is 7.56. The van der Waals surface area contributed by atoms with E-state index in [9.17, 15) is 10.2 Å². The maximum absolute atomic E-state index is 11.1. The van der Waals surface area contributed by atoms with Crippen molar-refractivity contribution in [3.05, 3.63) is 46.5 Å². The third-order valence-electron chi connectivity index (χ3n) is 6.25. The summed E-state index contributed by atoms with van der Waals surface area (Å²) in [6.07, 6.45) is 4.72. The molecule has 2 aromatic rings. The van der Waals surface area contributed by atoms with Gasteiger partial charge in [0, 0.05) is 31.4 Å². The highest BCUT2D eigenvalue weighted by Crippen LogP contribution is 2.49. The highest BCUT2D eigenvalue weighted by atomic mass is 32.2. The Morgan fingerprint density at radius 1 is 0.656 bits per heavy atom. The lowest BCUT2D eigenvalue weighted by molar-refractivity contribution is 0.432. The fourth-order valence-electron chi connectivity index (χ4n) is 4.47. The first kappa shape index (κ1) is 25.4. The molecule has 4 heteroatoms. The van der Waals surface area contributed by atoms with E-state index in [1.54, 1.807) is 0 Å². The fourth-order valence-corrected chi connectivity index (χ4v) is 7.55. The van der Waals surface area contributed by atoms with E-state index in [-0.39, 0.29) is 10.8 Å². The van der Waals surface area contributed by atoms with Crippen molar-refractivity contribution in [2.24, 2.45) is 0 Å². The minimum atomic E-state index is -0.0944. The molecule has 0 heterocycles. The summed E-state index contributed by atoms with van der Waals surface area (Å²) < 4.78 is 0. The van der Waals surface area contributed by atoms with Crippen LogP contribution in [-0.2, 0) is 10.8 Å². The normalized spacial score (nSPS) is 19.9. The summed E-state index contributed by atoms with van der Waals surface area (Å²) in [5.41, 5.74) is 4.24. The number of phenols is 2. The minimum Gasteiger partial charge on any atom is -0.506 e. The van der Waals surface area contributed by atoms with Gasteiger partial charge in [0.05, 0.1) is 0 Å². The van der Waals surface area contributed by atoms with E-state index < -0.39 is 0 Å². The van der Waals surface area contributed by atoms with Crippen molar-refractivity contribution in [2.75, 3.05) is 0 Å². The van der Waals surface area contributed by atoms with E-state index in [4.69, 9.17) is 0 Å². The van der Waals surface area contributed by atoms with Crippen LogP contribution in [0.5, 0.6) is 11.5 Å². The third kappa shape index (κ3) is 5.80. The second-order valence-electron chi connectivity index (χ2n) is 11.4. The van der Waals surface area contributed by atoms with Crippen molar-refractivity contribution >= 4 is 23.5 Å². The smallest absolute Gasteiger partial charge is 0.132 e. The van der Waals surface area contributed by atoms with E-state index in [0.29, 0.717) is 22.0 Å². The van der Waals surface area contributed by atoms with Crippen molar-refractivity contribution in [2.45, 2.75) is 112 Å². The molecule has 0 radical (unpaired) electrons. The van der Waals surface area contributed by atoms with E-state index in [1.165, 1.54) is 24.0 Å². The van der Waals surface area contributed by atoms with Gasteiger partial charge in [-0.15, -0.1) is 23.5 Å². The summed E-state index contributed by atoms with van der Waals surface area (Å²) in [7, 11) is 0. The number of benzene rings is 2. The lowest BCUT2D eigenvalue weighted by atomic mass is 9.85. The van der Waals surface area contributed by atoms with Gasteiger partial charge >= 0.3 is 0 Å². The van der Waals surface area contributed by atoms with Gasteiger partial charge in [-0.1, -0.05) is 66.5 Å². The Balaban J connectivity index is 1.91. The standard InChI is InChI=1S/C28H40O2S2/c1-17-13-19(27(3,4)5)25(29)23(15-17)31-21-11-9-10-12-22(21)32-24-16-18(2)14-20(26(24)30)28(6,7)8/h13-16,21-22,29-30H,9-12H2,1-8H3/t21-,22-/m1/s1. The molecule has 0 unspecified atom stereocenters. The van der Waals surface area contributed by atoms with Crippen LogP contribution in [0.3, 0.4) is 0 Å². The maximum atomic E-state index is 11.1. The van der Waals surface area contributed by atoms with Gasteiger partial charge in [-0.2, -0.15) is 0 Å². The second kappa shape index (κ2) is 9.54. The summed E-state index contributed by atoms with van der Waals surface area (Å²) in [5, 5.41) is 23.0. The lowest BCUT2D eigenvalue weighted by Gasteiger charge is -2.32. The Morgan fingerprint density at radius 3 is 1.31 bits per heavy atom. The number of hydrogen-bond acceptors (Lipinski definition) is 4. The number of phenolic OH excluding ortho intramolecular Hbond substituents is 2. The van der Waals surface area contributed by atoms with E-state index in [1.807, 2.05) is 23.5 Å². The molecule has 2 atom stereocenters. The predicted molar refractivity (Wildman–Crippen MR) is 141 cm³/mol. The first-order valence-corrected chi connectivity index (χ1v) is 13.5. The van der Waals surface area contributed by atoms with Crippen LogP contribution in [0.4, 0.5) is 0 Å². The molecule has 32 heavy (non-hydrogen) atoms. The fraction of sp³-hybridized carbons (Fsp3) is 0.571. The molecule has 1 fully saturated rings. The van der Waals surface area contributed by atoms with Crippen LogP contribution in [0.1, 0.15) is 89.5 Å². The molecule has 2 aromatic carbocycles. The molecule has 1 aliphatic carbocycles. The Bertz CT molecular complexity index is 887. The summed E-state index contributed by atoms with van der Waals surface area (Å²) >= 11 is 3.66. The van der Waals surface area contributed by atoms with Crippen LogP contribution in [0, 0.1) is 13.8 Å². The Labute approximate surface area is 203 Å². The zero-order valence-corrected chi connectivity index (χ0v) is 22.6. The summed E-state index contributed by atoms with van der Waals surface area (Å²) in [5.74, 6) is 0.881. The average Bonchev–Trinajstić information content (AvgIpc) is 2.66. The quantitative estimate of drug-likeness (QED) is 0.468. The Hall–Kier alpha value is -1.26. The van der Waals surface area contributed by atoms with Crippen LogP contribution in [-0.4, -0.2) is 20.7 Å². The molecule has 2 nitrogen and oxygen atoms in total. The van der Waals surface area contributed by atoms with Crippen LogP contribution >= 0.6 is 23.5 Å². The molecule has 176 valence electrons. The van der Waals surface area contributed by atoms with Crippen LogP contribution in [0.2, 0.25) is 0 Å². The predicted octanol–water partition coefficient (Wildman–Crippen LogP) is 8.51. The summed E-state index contributed by atoms with van der Waals surface area (Å²) in [6.45, 7) is 17.2. The van der Waals surface area contributed by atoms with Crippen molar-refractivity contribution in [3.63, 3.8) is 0 Å². The second-order valence-corrected chi connectivity index (χ2v) is 14.0. The monoisotopic (exact) mass is 472 g/mol. The van der Waals surface area contributed by atoms with Crippen molar-refractivity contribution in [3.8, 4) is 11.5 Å². The molecule has 2 N–H and O–H groups in total. The lowest BCUT2D eigenvalue weighted by Crippen LogP contribution is -2.24. The van der Waals surface area contributed by atoms with E-state index in [0.717, 1.165) is 33.8 Å². The Morgan fingerprint density at radius 2 is 1.00 bits per heavy atom. The van der Waals surface area contributed by atoms with Crippen molar-refractivity contribution < 1.29 is 10.2 Å². The van der Waals surface area contributed by atoms with Gasteiger partial charge in [-0.05, 0) is 60.8 Å². The molecule has 0 aliphatic heterocycles. The van der Waals surface area contributed by atoms with E-state index >= 15 is 0 Å². The molecule has 1 saturated carbocycles. The maximum Gasteiger partial charge on any atom is 0.132 e. The minimum absolute atomic E-state index is 0.0944. The number of aryl methyl sites for hydroxylation is 2. The average molecular weight is 473 g/mol. The largest absolute Gasteiger partial charge is 0.506 e. The van der Waals surface area contributed by atoms with Gasteiger partial charge in [0.1, 0.15) is 11.5 Å². The van der Waals surface area contributed by atoms with Crippen LogP contribution in [0.15, 0.2) is 34.1 Å². The topological polar surface area (TPSA) is 40.5 Å². The molecule has 0 spiro atoms. The van der Waals surface area contributed by atoms with E-state index in [2.05, 4.69) is 79.7 Å². The molecule has 0 aromatic heterocycles. The molecule has 0 amide bonds. The van der Waals surface area contributed by atoms with Gasteiger partial charge in [-0.25, -0.2) is 0 Å². The number of aromatic hydroxyl groups is 2. The third-order valence-corrected chi connectivity index (χ3v) is 9.29. The number of thioether (sulfide) groups is 2. The van der Waals surface area contributed by atoms with Gasteiger partial charge in [0.25, 0.3) is 0 Å². The number of hydrogen-bond donors (Lipinski definition) is 2. The van der Waals surface area contributed by atoms with Crippen molar-refractivity contribution in [1.82, 2.24) is 0 Å². The summed E-state index contributed by atoms with van der Waals surface area (Å²) in [6, 6.07) is 8.50. The molecule has 3 rings (SSSR count). The zero-order chi connectivity index (χ0) is 23.8. The van der Waals surface area contributed by atoms with Gasteiger partial charge < -0.3 is 10.2 Å². The molecule has 1 aliphatic rings. The van der Waals surface area contributed by atoms with Gasteiger partial charge in [0.15, 0.2) is 0 Å². The first-order chi connectivity index (χ1) is 14.8. The molecule has 0 saturated heterocycles. The first-order valence-electron chi connectivity index (χ1n) is 11.8. The summed E-state index contributed by atoms with van der Waals surface area (Å²) in [4.78, 5) is 1.99. The SMILES string of the molecule is Cc1cc(S[C@@H]2CCCC[C@H]2Sc2cc(C)cc(C(C)(C)C)c2O)c(O)c(C(C)(C)C)c1. The van der Waals surface area contributed by atoms with Crippen molar-refractivity contribution in [1.29, 1.82) is 0 Å². The molecular formula is C28H40O2S2. The highest BCUT2D eigenvalue weighted by molar-refractivity contribution is 8.04. The van der Waals surface area contributed by atoms with Crippen LogP contribution in [0.25, 0.3) is 0 Å². The zero-order valence-electron chi connectivity index (χ0n) is 21.0. The molecular weight excluding hydrogens is 432 g/mol. The van der Waals surface area contributed by atoms with Gasteiger partial charge in [0.2, 0.25) is 0 Å². The highest BCUT2D eigenvalue weighted by Gasteiger charge is 2.31. The number of rotatable bonds is 4.